The number of hydrogen-bond acceptors (Lipinski definition) is 3. The van der Waals surface area contributed by atoms with Crippen LogP contribution in [0.5, 0.6) is 0 Å². The minimum atomic E-state index is -3.58. The van der Waals surface area contributed by atoms with E-state index in [0.29, 0.717) is 12.8 Å². The largest absolute Gasteiger partial charge is 0.389 e. The Bertz CT molecular complexity index is 584. The Morgan fingerprint density at radius 2 is 2.16 bits per heavy atom. The number of aliphatic hydroxyl groups is 1. The van der Waals surface area contributed by atoms with Crippen molar-refractivity contribution >= 4 is 26.0 Å². The molecule has 1 aliphatic rings. The van der Waals surface area contributed by atoms with Crippen LogP contribution < -0.4 is 4.72 Å². The highest BCUT2D eigenvalue weighted by Crippen LogP contribution is 2.30. The highest BCUT2D eigenvalue weighted by atomic mass is 79.9. The van der Waals surface area contributed by atoms with Crippen molar-refractivity contribution in [3.05, 3.63) is 28.2 Å². The average molecular weight is 348 g/mol. The van der Waals surface area contributed by atoms with E-state index in [9.17, 15) is 13.5 Å². The van der Waals surface area contributed by atoms with Gasteiger partial charge in [-0.15, -0.1) is 0 Å². The summed E-state index contributed by atoms with van der Waals surface area (Å²) in [5.41, 5.74) is -0.0987. The number of hydrogen-bond donors (Lipinski definition) is 2. The first kappa shape index (κ1) is 15.0. The fourth-order valence-corrected chi connectivity index (χ4v) is 4.08. The summed E-state index contributed by atoms with van der Waals surface area (Å²) in [7, 11) is -3.58. The second-order valence-electron chi connectivity index (χ2n) is 5.33. The predicted molar refractivity (Wildman–Crippen MR) is 77.5 cm³/mol. The molecule has 19 heavy (non-hydrogen) atoms. The molecule has 4 nitrogen and oxygen atoms in total. The predicted octanol–water partition coefficient (Wildman–Crippen LogP) is 2.34. The van der Waals surface area contributed by atoms with E-state index in [2.05, 4.69) is 20.7 Å². The molecule has 2 N–H and O–H groups in total. The quantitative estimate of drug-likeness (QED) is 0.881. The molecule has 106 valence electrons. The highest BCUT2D eigenvalue weighted by molar-refractivity contribution is 9.10. The number of rotatable bonds is 3. The second-order valence-corrected chi connectivity index (χ2v) is 7.90. The Labute approximate surface area is 122 Å². The van der Waals surface area contributed by atoms with Crippen LogP contribution in [0.2, 0.25) is 0 Å². The SMILES string of the molecule is Cc1cc(S(=O)(=O)N[C@H]2CCC[C@]2(C)O)ccc1Br. The van der Waals surface area contributed by atoms with Gasteiger partial charge >= 0.3 is 0 Å². The number of nitrogens with one attached hydrogen (secondary N) is 1. The van der Waals surface area contributed by atoms with Crippen molar-refractivity contribution in [2.24, 2.45) is 0 Å². The van der Waals surface area contributed by atoms with Crippen molar-refractivity contribution < 1.29 is 13.5 Å². The van der Waals surface area contributed by atoms with E-state index < -0.39 is 21.7 Å². The van der Waals surface area contributed by atoms with E-state index >= 15 is 0 Å². The Kier molecular flexibility index (Phi) is 4.07. The fourth-order valence-electron chi connectivity index (χ4n) is 2.37. The van der Waals surface area contributed by atoms with E-state index in [4.69, 9.17) is 0 Å². The summed E-state index contributed by atoms with van der Waals surface area (Å²) in [6.07, 6.45) is 2.13. The van der Waals surface area contributed by atoms with Gasteiger partial charge in [0.25, 0.3) is 0 Å². The topological polar surface area (TPSA) is 66.4 Å². The molecule has 0 unspecified atom stereocenters. The maximum Gasteiger partial charge on any atom is 0.240 e. The van der Waals surface area contributed by atoms with Crippen LogP contribution in [0, 0.1) is 6.92 Å². The standard InChI is InChI=1S/C13H18BrNO3S/c1-9-8-10(5-6-11(9)14)19(17,18)15-12-4-3-7-13(12,2)16/h5-6,8,12,15-16H,3-4,7H2,1-2H3/t12-,13-/m0/s1. The van der Waals surface area contributed by atoms with Gasteiger partial charge in [-0.25, -0.2) is 13.1 Å². The van der Waals surface area contributed by atoms with E-state index in [0.717, 1.165) is 16.5 Å². The highest BCUT2D eigenvalue weighted by Gasteiger charge is 2.39. The molecule has 1 aromatic rings. The maximum atomic E-state index is 12.3. The van der Waals surface area contributed by atoms with Crippen LogP contribution in [0.1, 0.15) is 31.7 Å². The van der Waals surface area contributed by atoms with Crippen LogP contribution in [0.25, 0.3) is 0 Å². The van der Waals surface area contributed by atoms with E-state index in [-0.39, 0.29) is 4.90 Å². The zero-order valence-electron chi connectivity index (χ0n) is 11.0. The smallest absolute Gasteiger partial charge is 0.240 e. The van der Waals surface area contributed by atoms with Crippen molar-refractivity contribution in [1.29, 1.82) is 0 Å². The molecule has 1 aliphatic carbocycles. The molecule has 0 radical (unpaired) electrons. The molecule has 0 spiro atoms. The average Bonchev–Trinajstić information content (AvgIpc) is 2.61. The number of halogens is 1. The Morgan fingerprint density at radius 1 is 1.47 bits per heavy atom. The monoisotopic (exact) mass is 347 g/mol. The van der Waals surface area contributed by atoms with Crippen molar-refractivity contribution in [3.63, 3.8) is 0 Å². The summed E-state index contributed by atoms with van der Waals surface area (Å²) in [5.74, 6) is 0. The lowest BCUT2D eigenvalue weighted by Crippen LogP contribution is -2.47. The molecule has 0 bridgehead atoms. The van der Waals surface area contributed by atoms with Crippen molar-refractivity contribution in [1.82, 2.24) is 4.72 Å². The normalized spacial score (nSPS) is 27.7. The summed E-state index contributed by atoms with van der Waals surface area (Å²) >= 11 is 3.35. The molecular weight excluding hydrogens is 330 g/mol. The van der Waals surface area contributed by atoms with Crippen LogP contribution in [0.3, 0.4) is 0 Å². The third-order valence-corrected chi connectivity index (χ3v) is 6.02. The van der Waals surface area contributed by atoms with Gasteiger partial charge in [0, 0.05) is 4.47 Å². The lowest BCUT2D eigenvalue weighted by Gasteiger charge is -2.26. The van der Waals surface area contributed by atoms with Crippen molar-refractivity contribution in [2.45, 2.75) is 49.6 Å². The minimum absolute atomic E-state index is 0.232. The van der Waals surface area contributed by atoms with Crippen molar-refractivity contribution in [2.75, 3.05) is 0 Å². The molecule has 6 heteroatoms. The van der Waals surface area contributed by atoms with Gasteiger partial charge in [0.2, 0.25) is 10.0 Å². The molecule has 0 aliphatic heterocycles. The fraction of sp³-hybridized carbons (Fsp3) is 0.538. The van der Waals surface area contributed by atoms with Crippen LogP contribution in [-0.4, -0.2) is 25.2 Å². The molecule has 1 fully saturated rings. The van der Waals surface area contributed by atoms with Crippen LogP contribution in [0.4, 0.5) is 0 Å². The number of benzene rings is 1. The molecule has 2 atom stereocenters. The molecule has 0 heterocycles. The van der Waals surface area contributed by atoms with Gasteiger partial charge in [-0.3, -0.25) is 0 Å². The van der Waals surface area contributed by atoms with Gasteiger partial charge in [-0.05, 0) is 56.9 Å². The first-order valence-corrected chi connectivity index (χ1v) is 8.51. The van der Waals surface area contributed by atoms with Gasteiger partial charge < -0.3 is 5.11 Å². The summed E-state index contributed by atoms with van der Waals surface area (Å²) in [6.45, 7) is 3.52. The summed E-state index contributed by atoms with van der Waals surface area (Å²) in [4.78, 5) is 0.232. The molecule has 0 aromatic heterocycles. The Morgan fingerprint density at radius 3 is 2.68 bits per heavy atom. The summed E-state index contributed by atoms with van der Waals surface area (Å²) in [6, 6.07) is 4.48. The first-order chi connectivity index (χ1) is 8.72. The minimum Gasteiger partial charge on any atom is -0.389 e. The summed E-state index contributed by atoms with van der Waals surface area (Å²) in [5, 5.41) is 10.1. The molecule has 0 amide bonds. The zero-order valence-corrected chi connectivity index (χ0v) is 13.4. The Balaban J connectivity index is 2.25. The van der Waals surface area contributed by atoms with E-state index in [1.54, 1.807) is 25.1 Å². The third-order valence-electron chi connectivity index (χ3n) is 3.66. The zero-order chi connectivity index (χ0) is 14.3. The van der Waals surface area contributed by atoms with E-state index in [1.807, 2.05) is 6.92 Å². The molecule has 0 saturated heterocycles. The van der Waals surface area contributed by atoms with Gasteiger partial charge in [0.1, 0.15) is 0 Å². The van der Waals surface area contributed by atoms with Crippen LogP contribution >= 0.6 is 15.9 Å². The molecule has 2 rings (SSSR count). The Hall–Kier alpha value is -0.430. The van der Waals surface area contributed by atoms with Crippen LogP contribution in [-0.2, 0) is 10.0 Å². The lowest BCUT2D eigenvalue weighted by molar-refractivity contribution is 0.0466. The summed E-state index contributed by atoms with van der Waals surface area (Å²) < 4.78 is 28.1. The van der Waals surface area contributed by atoms with Gasteiger partial charge in [-0.2, -0.15) is 0 Å². The third kappa shape index (κ3) is 3.18. The lowest BCUT2D eigenvalue weighted by atomic mass is 10.0. The van der Waals surface area contributed by atoms with Gasteiger partial charge in [0.15, 0.2) is 0 Å². The molecule has 1 saturated carbocycles. The van der Waals surface area contributed by atoms with E-state index in [1.165, 1.54) is 0 Å². The van der Waals surface area contributed by atoms with Crippen molar-refractivity contribution in [3.8, 4) is 0 Å². The van der Waals surface area contributed by atoms with Gasteiger partial charge in [0.05, 0.1) is 16.5 Å². The first-order valence-electron chi connectivity index (χ1n) is 6.23. The van der Waals surface area contributed by atoms with Gasteiger partial charge in [-0.1, -0.05) is 15.9 Å². The molecule has 1 aromatic carbocycles. The molecular formula is C13H18BrNO3S. The van der Waals surface area contributed by atoms with Crippen LogP contribution in [0.15, 0.2) is 27.6 Å². The number of aryl methyl sites for hydroxylation is 1. The second kappa shape index (κ2) is 5.16. The maximum absolute atomic E-state index is 12.3. The number of sulfonamides is 1.